The number of hydrogen-bond donors (Lipinski definition) is 1. The van der Waals surface area contributed by atoms with Crippen LogP contribution in [0.5, 0.6) is 0 Å². The van der Waals surface area contributed by atoms with Crippen LogP contribution in [0.2, 0.25) is 5.02 Å². The second-order valence-electron chi connectivity index (χ2n) is 5.76. The van der Waals surface area contributed by atoms with Gasteiger partial charge >= 0.3 is 0 Å². The molecule has 0 saturated heterocycles. The first-order chi connectivity index (χ1) is 11.6. The van der Waals surface area contributed by atoms with Crippen LogP contribution in [-0.2, 0) is 6.54 Å². The number of benzene rings is 2. The van der Waals surface area contributed by atoms with Gasteiger partial charge in [-0.15, -0.1) is 6.42 Å². The lowest BCUT2D eigenvalue weighted by Gasteiger charge is -2.11. The summed E-state index contributed by atoms with van der Waals surface area (Å²) in [5.74, 6) is 3.08. The minimum Gasteiger partial charge on any atom is -0.324 e. The van der Waals surface area contributed by atoms with E-state index >= 15 is 0 Å². The lowest BCUT2D eigenvalue weighted by molar-refractivity contribution is 0.402. The lowest BCUT2D eigenvalue weighted by atomic mass is 10.1. The Kier molecular flexibility index (Phi) is 4.66. The van der Waals surface area contributed by atoms with Crippen molar-refractivity contribution in [2.75, 3.05) is 19.4 Å². The zero-order valence-corrected chi connectivity index (χ0v) is 14.3. The second-order valence-corrected chi connectivity index (χ2v) is 6.14. The topological polar surface area (TPSA) is 41.1 Å². The molecule has 0 spiro atoms. The van der Waals surface area contributed by atoms with E-state index in [9.17, 15) is 0 Å². The normalized spacial score (nSPS) is 10.8. The summed E-state index contributed by atoms with van der Waals surface area (Å²) < 4.78 is 0. The predicted octanol–water partition coefficient (Wildman–Crippen LogP) is 4.07. The first-order valence-corrected chi connectivity index (χ1v) is 7.87. The molecule has 1 N–H and O–H groups in total. The van der Waals surface area contributed by atoms with Crippen molar-refractivity contribution in [3.05, 3.63) is 58.7 Å². The maximum atomic E-state index is 6.28. The fourth-order valence-corrected chi connectivity index (χ4v) is 2.75. The minimum atomic E-state index is 0.509. The average Bonchev–Trinajstić information content (AvgIpc) is 2.55. The zero-order valence-electron chi connectivity index (χ0n) is 13.5. The summed E-state index contributed by atoms with van der Waals surface area (Å²) >= 11 is 6.28. The Morgan fingerprint density at radius 1 is 1.25 bits per heavy atom. The van der Waals surface area contributed by atoms with Gasteiger partial charge in [-0.1, -0.05) is 29.7 Å². The van der Waals surface area contributed by atoms with Crippen molar-refractivity contribution < 1.29 is 0 Å². The van der Waals surface area contributed by atoms with Crippen molar-refractivity contribution in [3.63, 3.8) is 0 Å². The first kappa shape index (κ1) is 16.3. The molecule has 0 unspecified atom stereocenters. The predicted molar refractivity (Wildman–Crippen MR) is 99.6 cm³/mol. The number of nitrogens with one attached hydrogen (secondary N) is 1. The van der Waals surface area contributed by atoms with Crippen LogP contribution in [0.25, 0.3) is 10.9 Å². The summed E-state index contributed by atoms with van der Waals surface area (Å²) in [4.78, 5) is 11.0. The molecular formula is C19H17ClN4. The van der Waals surface area contributed by atoms with E-state index in [1.54, 1.807) is 12.3 Å². The summed E-state index contributed by atoms with van der Waals surface area (Å²) in [5, 5.41) is 4.49. The highest BCUT2D eigenvalue weighted by molar-refractivity contribution is 6.36. The molecule has 2 aromatic carbocycles. The van der Waals surface area contributed by atoms with Gasteiger partial charge in [-0.05, 0) is 43.9 Å². The van der Waals surface area contributed by atoms with E-state index in [1.165, 1.54) is 5.56 Å². The molecule has 120 valence electrons. The summed E-state index contributed by atoms with van der Waals surface area (Å²) in [6, 6.07) is 11.8. The number of terminal acetylenes is 1. The average molecular weight is 337 g/mol. The molecule has 0 aliphatic rings. The molecular weight excluding hydrogens is 320 g/mol. The van der Waals surface area contributed by atoms with Crippen molar-refractivity contribution in [1.29, 1.82) is 0 Å². The molecule has 3 aromatic rings. The first-order valence-electron chi connectivity index (χ1n) is 7.49. The van der Waals surface area contributed by atoms with E-state index in [4.69, 9.17) is 18.0 Å². The van der Waals surface area contributed by atoms with E-state index in [0.717, 1.165) is 23.1 Å². The van der Waals surface area contributed by atoms with Crippen LogP contribution in [0, 0.1) is 12.3 Å². The third kappa shape index (κ3) is 3.48. The van der Waals surface area contributed by atoms with Gasteiger partial charge in [0.1, 0.15) is 0 Å². The van der Waals surface area contributed by atoms with E-state index in [0.29, 0.717) is 16.5 Å². The summed E-state index contributed by atoms with van der Waals surface area (Å²) in [5.41, 5.74) is 3.55. The van der Waals surface area contributed by atoms with E-state index < -0.39 is 0 Å². The fraction of sp³-hybridized carbons (Fsp3) is 0.158. The number of halogens is 1. The molecule has 1 heterocycles. The minimum absolute atomic E-state index is 0.509. The summed E-state index contributed by atoms with van der Waals surface area (Å²) in [6.45, 7) is 0.874. The highest BCUT2D eigenvalue weighted by atomic mass is 35.5. The Bertz CT molecular complexity index is 928. The van der Waals surface area contributed by atoms with Gasteiger partial charge in [0.2, 0.25) is 5.95 Å². The molecule has 3 rings (SSSR count). The van der Waals surface area contributed by atoms with Crippen LogP contribution in [0.3, 0.4) is 0 Å². The van der Waals surface area contributed by atoms with E-state index in [2.05, 4.69) is 38.2 Å². The molecule has 0 aliphatic heterocycles. The summed E-state index contributed by atoms with van der Waals surface area (Å²) in [7, 11) is 4.08. The van der Waals surface area contributed by atoms with Gasteiger partial charge in [0.25, 0.3) is 0 Å². The number of aromatic nitrogens is 2. The largest absolute Gasteiger partial charge is 0.324 e. The smallest absolute Gasteiger partial charge is 0.227 e. The molecule has 5 heteroatoms. The molecule has 0 amide bonds. The number of rotatable bonds is 4. The highest BCUT2D eigenvalue weighted by Crippen LogP contribution is 2.26. The van der Waals surface area contributed by atoms with Crippen molar-refractivity contribution in [2.24, 2.45) is 0 Å². The molecule has 0 fully saturated rings. The van der Waals surface area contributed by atoms with Crippen molar-refractivity contribution >= 4 is 34.1 Å². The SMILES string of the molecule is C#Cc1ccc2nc(Nc3cccc(CN(C)C)c3)ncc2c1Cl. The van der Waals surface area contributed by atoms with E-state index in [1.807, 2.05) is 32.3 Å². The third-order valence-electron chi connectivity index (χ3n) is 3.54. The number of nitrogens with zero attached hydrogens (tertiary/aromatic N) is 3. The van der Waals surface area contributed by atoms with Gasteiger partial charge < -0.3 is 10.2 Å². The van der Waals surface area contributed by atoms with Crippen LogP contribution in [0.1, 0.15) is 11.1 Å². The van der Waals surface area contributed by atoms with Crippen LogP contribution in [0.15, 0.2) is 42.6 Å². The van der Waals surface area contributed by atoms with Crippen molar-refractivity contribution in [3.8, 4) is 12.3 Å². The van der Waals surface area contributed by atoms with Gasteiger partial charge in [0, 0.05) is 29.4 Å². The quantitative estimate of drug-likeness (QED) is 0.729. The van der Waals surface area contributed by atoms with Crippen LogP contribution in [0.4, 0.5) is 11.6 Å². The molecule has 0 saturated carbocycles. The standard InChI is InChI=1S/C19H17ClN4/c1-4-14-8-9-17-16(18(14)20)11-21-19(23-17)22-15-7-5-6-13(10-15)12-24(2)3/h1,5-11H,12H2,2-3H3,(H,21,22,23). The molecule has 0 aliphatic carbocycles. The van der Waals surface area contributed by atoms with Gasteiger partial charge in [-0.3, -0.25) is 0 Å². The van der Waals surface area contributed by atoms with Gasteiger partial charge in [0.05, 0.1) is 10.5 Å². The van der Waals surface area contributed by atoms with Gasteiger partial charge in [-0.2, -0.15) is 0 Å². The molecule has 0 radical (unpaired) electrons. The Morgan fingerprint density at radius 3 is 2.83 bits per heavy atom. The molecule has 0 atom stereocenters. The molecule has 0 bridgehead atoms. The molecule has 4 nitrogen and oxygen atoms in total. The van der Waals surface area contributed by atoms with Gasteiger partial charge in [-0.25, -0.2) is 9.97 Å². The highest BCUT2D eigenvalue weighted by Gasteiger charge is 2.07. The number of hydrogen-bond acceptors (Lipinski definition) is 4. The molecule has 24 heavy (non-hydrogen) atoms. The van der Waals surface area contributed by atoms with Gasteiger partial charge in [0.15, 0.2) is 0 Å². The number of anilines is 2. The maximum Gasteiger partial charge on any atom is 0.227 e. The monoisotopic (exact) mass is 336 g/mol. The Balaban J connectivity index is 1.90. The Hall–Kier alpha value is -2.61. The Morgan fingerprint density at radius 2 is 2.08 bits per heavy atom. The third-order valence-corrected chi connectivity index (χ3v) is 3.94. The zero-order chi connectivity index (χ0) is 17.1. The van der Waals surface area contributed by atoms with Crippen molar-refractivity contribution in [1.82, 2.24) is 14.9 Å². The van der Waals surface area contributed by atoms with E-state index in [-0.39, 0.29) is 0 Å². The number of fused-ring (bicyclic) bond motifs is 1. The fourth-order valence-electron chi connectivity index (χ4n) is 2.49. The maximum absolute atomic E-state index is 6.28. The summed E-state index contributed by atoms with van der Waals surface area (Å²) in [6.07, 6.45) is 7.12. The van der Waals surface area contributed by atoms with Crippen molar-refractivity contribution in [2.45, 2.75) is 6.54 Å². The Labute approximate surface area is 146 Å². The van der Waals surface area contributed by atoms with Crippen LogP contribution < -0.4 is 5.32 Å². The van der Waals surface area contributed by atoms with Crippen LogP contribution in [-0.4, -0.2) is 29.0 Å². The second kappa shape index (κ2) is 6.88. The lowest BCUT2D eigenvalue weighted by Crippen LogP contribution is -2.10. The van der Waals surface area contributed by atoms with Crippen LogP contribution >= 0.6 is 11.6 Å². The molecule has 1 aromatic heterocycles.